The summed E-state index contributed by atoms with van der Waals surface area (Å²) < 4.78 is 15.3. The molecule has 0 bridgehead atoms. The Morgan fingerprint density at radius 2 is 1.50 bits per heavy atom. The third-order valence-electron chi connectivity index (χ3n) is 2.29. The maximum atomic E-state index is 10.3. The molecule has 1 aromatic rings. The molecule has 0 aromatic heterocycles. The summed E-state index contributed by atoms with van der Waals surface area (Å²) in [6.45, 7) is 5.48. The molecule has 118 valence electrons. The van der Waals surface area contributed by atoms with Crippen molar-refractivity contribution in [2.24, 2.45) is 0 Å². The van der Waals surface area contributed by atoms with Gasteiger partial charge in [-0.1, -0.05) is 13.8 Å². The van der Waals surface area contributed by atoms with Crippen molar-refractivity contribution in [3.8, 4) is 17.2 Å². The van der Waals surface area contributed by atoms with Crippen LogP contribution in [-0.4, -0.2) is 20.7 Å². The minimum atomic E-state index is 0.254. The number of hydrogen-bond acceptors (Lipinski definition) is 4. The molecular formula is C12H15CoI3O4-. The molecule has 0 aliphatic heterocycles. The van der Waals surface area contributed by atoms with E-state index in [1.54, 1.807) is 0 Å². The molecule has 1 aromatic carbocycles. The zero-order chi connectivity index (χ0) is 15.7. The van der Waals surface area contributed by atoms with Gasteiger partial charge in [0.25, 0.3) is 0 Å². The predicted molar refractivity (Wildman–Crippen MR) is 102 cm³/mol. The average Bonchev–Trinajstić information content (AvgIpc) is 2.38. The number of rotatable bonds is 5. The molecule has 0 atom stereocenters. The van der Waals surface area contributed by atoms with Crippen LogP contribution in [0.1, 0.15) is 25.3 Å². The Bertz CT molecular complexity index is 399. The summed E-state index contributed by atoms with van der Waals surface area (Å²) in [6, 6.07) is 3.64. The molecule has 0 amide bonds. The van der Waals surface area contributed by atoms with Crippen molar-refractivity contribution in [1.29, 1.82) is 0 Å². The van der Waals surface area contributed by atoms with Crippen molar-refractivity contribution in [2.45, 2.75) is 19.8 Å². The molecule has 0 heterocycles. The van der Waals surface area contributed by atoms with E-state index in [1.807, 2.05) is 12.1 Å². The van der Waals surface area contributed by atoms with Crippen LogP contribution in [0.2, 0.25) is 0 Å². The predicted octanol–water partition coefficient (Wildman–Crippen LogP) is 4.93. The zero-order valence-electron chi connectivity index (χ0n) is 11.3. The second-order valence-corrected chi connectivity index (χ2v) is 30.1. The van der Waals surface area contributed by atoms with Gasteiger partial charge in [0.15, 0.2) is 6.47 Å². The Morgan fingerprint density at radius 3 is 1.75 bits per heavy atom. The molecule has 0 radical (unpaired) electrons. The van der Waals surface area contributed by atoms with Gasteiger partial charge in [-0.25, -0.2) is 0 Å². The first-order valence-electron chi connectivity index (χ1n) is 5.31. The molecule has 1 rings (SSSR count). The van der Waals surface area contributed by atoms with Crippen LogP contribution in [0, 0.1) is 0 Å². The van der Waals surface area contributed by atoms with Crippen LogP contribution in [0.3, 0.4) is 0 Å². The first-order valence-corrected chi connectivity index (χ1v) is 15.4. The standard InChI is InChI=1S/C12H15O4.Co.3HI/c1-8(2)9-5-10(14-3)12(16-7-13)11(6-9)15-4;;;;/h5-6,8H,1-4H3;;3*1H/q-1;+3;;;/p-3. The average molecular weight is 663 g/mol. The monoisotopic (exact) mass is 663 g/mol. The quantitative estimate of drug-likeness (QED) is 0.332. The number of methoxy groups -OCH3 is 2. The van der Waals surface area contributed by atoms with Crippen molar-refractivity contribution >= 4 is 67.7 Å². The molecule has 8 heteroatoms. The van der Waals surface area contributed by atoms with Crippen molar-refractivity contribution in [2.75, 3.05) is 14.2 Å². The van der Waals surface area contributed by atoms with E-state index in [0.717, 1.165) is 5.56 Å². The van der Waals surface area contributed by atoms with Gasteiger partial charge >= 0.3 is 65.3 Å². The third kappa shape index (κ3) is 7.84. The molecule has 0 aliphatic carbocycles. The summed E-state index contributed by atoms with van der Waals surface area (Å²) in [5, 5.41) is 0. The van der Waals surface area contributed by atoms with Crippen molar-refractivity contribution in [3.05, 3.63) is 17.7 Å². The van der Waals surface area contributed by atoms with Gasteiger partial charge in [0.05, 0.1) is 31.5 Å². The van der Waals surface area contributed by atoms with Crippen molar-refractivity contribution < 1.29 is 23.0 Å². The molecule has 0 N–H and O–H groups in total. The van der Waals surface area contributed by atoms with Gasteiger partial charge in [-0.2, -0.15) is 0 Å². The van der Waals surface area contributed by atoms with Gasteiger partial charge in [-0.3, -0.25) is 0 Å². The summed E-state index contributed by atoms with van der Waals surface area (Å²) >= 11 is 7.14. The van der Waals surface area contributed by atoms with Gasteiger partial charge in [-0.15, -0.1) is 0 Å². The van der Waals surface area contributed by atoms with Crippen LogP contribution in [0.5, 0.6) is 17.2 Å². The second-order valence-electron chi connectivity index (χ2n) is 3.74. The van der Waals surface area contributed by atoms with Crippen LogP contribution in [0.4, 0.5) is 0 Å². The van der Waals surface area contributed by atoms with Crippen LogP contribution in [0.25, 0.3) is 0 Å². The fourth-order valence-electron chi connectivity index (χ4n) is 1.38. The molecule has 0 unspecified atom stereocenters. The zero-order valence-corrected chi connectivity index (χ0v) is 18.8. The summed E-state index contributed by atoms with van der Waals surface area (Å²) in [6.07, 6.45) is 0. The third-order valence-corrected chi connectivity index (χ3v) is 2.29. The first kappa shape index (κ1) is 21.0. The van der Waals surface area contributed by atoms with Gasteiger partial charge < -0.3 is 19.0 Å². The van der Waals surface area contributed by atoms with E-state index in [0.29, 0.717) is 21.4 Å². The topological polar surface area (TPSA) is 44.8 Å². The molecule has 0 fully saturated rings. The molecule has 0 spiro atoms. The van der Waals surface area contributed by atoms with E-state index >= 15 is 0 Å². The summed E-state index contributed by atoms with van der Waals surface area (Å²) in [5.74, 6) is 1.51. The van der Waals surface area contributed by atoms with Crippen LogP contribution in [0.15, 0.2) is 12.1 Å². The van der Waals surface area contributed by atoms with E-state index in [4.69, 9.17) is 14.2 Å². The van der Waals surface area contributed by atoms with E-state index in [2.05, 4.69) is 75.1 Å². The number of hydrogen-bond donors (Lipinski definition) is 0. The van der Waals surface area contributed by atoms with Gasteiger partial charge in [-0.05, 0) is 23.6 Å². The maximum absolute atomic E-state index is 10.3. The minimum absolute atomic E-state index is 0.254. The SMILES string of the molecule is COc1cc(C(C)C)cc(OC)c1O[C-]=O.[I][Co]([I])[I]. The summed E-state index contributed by atoms with van der Waals surface area (Å²) in [4.78, 5) is 10.3. The summed E-state index contributed by atoms with van der Waals surface area (Å²) in [7, 11) is 3.02. The Hall–Kier alpha value is 0.986. The van der Waals surface area contributed by atoms with Gasteiger partial charge in [0.2, 0.25) is 0 Å². The van der Waals surface area contributed by atoms with E-state index in [9.17, 15) is 4.79 Å². The van der Waals surface area contributed by atoms with Gasteiger partial charge in [0, 0.05) is 0 Å². The first-order chi connectivity index (χ1) is 9.37. The molecule has 4 nitrogen and oxygen atoms in total. The van der Waals surface area contributed by atoms with Crippen molar-refractivity contribution in [3.63, 3.8) is 0 Å². The molecular weight excluding hydrogens is 648 g/mol. The molecule has 0 aliphatic rings. The second kappa shape index (κ2) is 11.5. The molecule has 0 saturated heterocycles. The number of halogens is 3. The van der Waals surface area contributed by atoms with E-state index in [1.165, 1.54) is 20.7 Å². The number of ether oxygens (including phenoxy) is 3. The molecule has 20 heavy (non-hydrogen) atoms. The van der Waals surface area contributed by atoms with Crippen molar-refractivity contribution in [1.82, 2.24) is 0 Å². The number of benzene rings is 1. The van der Waals surface area contributed by atoms with E-state index in [-0.39, 0.29) is 5.75 Å². The Labute approximate surface area is 157 Å². The van der Waals surface area contributed by atoms with E-state index < -0.39 is 0 Å². The Morgan fingerprint density at radius 1 is 1.10 bits per heavy atom. The van der Waals surface area contributed by atoms with Crippen LogP contribution >= 0.6 is 61.2 Å². The fourth-order valence-corrected chi connectivity index (χ4v) is 1.38. The Balaban J connectivity index is 0.000000796. The van der Waals surface area contributed by atoms with Crippen LogP contribution in [-0.2, 0) is 8.80 Å². The Kier molecular flexibility index (Phi) is 12.1. The number of carbonyl (C=O) groups excluding carboxylic acids is 1. The van der Waals surface area contributed by atoms with Gasteiger partial charge in [0.1, 0.15) is 0 Å². The van der Waals surface area contributed by atoms with Crippen LogP contribution < -0.4 is 14.2 Å². The fraction of sp³-hybridized carbons (Fsp3) is 0.417. The molecule has 0 saturated carbocycles. The normalized spacial score (nSPS) is 10.3. The summed E-state index contributed by atoms with van der Waals surface area (Å²) in [5.41, 5.74) is 1.05.